The molecule has 6 nitrogen and oxygen atoms in total. The van der Waals surface area contributed by atoms with Gasteiger partial charge in [0.25, 0.3) is 5.92 Å². The molecule has 4 heterocycles. The van der Waals surface area contributed by atoms with E-state index in [1.807, 2.05) is 18.2 Å². The number of carbonyl (C=O) groups is 1. The first-order valence-corrected chi connectivity index (χ1v) is 9.88. The minimum Gasteiger partial charge on any atom is -0.335 e. The molecule has 8 heteroatoms. The van der Waals surface area contributed by atoms with Crippen LogP contribution in [-0.2, 0) is 9.63 Å². The number of nitrogens with zero attached hydrogens (tertiary/aromatic N) is 3. The van der Waals surface area contributed by atoms with E-state index in [0.29, 0.717) is 13.0 Å². The maximum Gasteiger partial charge on any atom is 0.267 e. The van der Waals surface area contributed by atoms with Gasteiger partial charge in [-0.1, -0.05) is 0 Å². The quantitative estimate of drug-likeness (QED) is 0.796. The highest BCUT2D eigenvalue weighted by Gasteiger charge is 2.44. The van der Waals surface area contributed by atoms with Crippen molar-refractivity contribution in [2.75, 3.05) is 45.9 Å². The van der Waals surface area contributed by atoms with Crippen molar-refractivity contribution in [3.63, 3.8) is 0 Å². The van der Waals surface area contributed by atoms with Crippen LogP contribution in [0.5, 0.6) is 0 Å². The molecular weight excluding hydrogens is 354 g/mol. The summed E-state index contributed by atoms with van der Waals surface area (Å²) in [5.41, 5.74) is 2.76. The van der Waals surface area contributed by atoms with Crippen molar-refractivity contribution in [2.45, 2.75) is 44.2 Å². The number of likely N-dealkylation sites (tertiary alicyclic amines) is 1. The number of hydrogen-bond acceptors (Lipinski definition) is 5. The van der Waals surface area contributed by atoms with Crippen molar-refractivity contribution >= 4 is 5.91 Å². The number of alkyl halides is 2. The summed E-state index contributed by atoms with van der Waals surface area (Å²) < 4.78 is 26.8. The molecule has 0 radical (unpaired) electrons. The standard InChI is InChI=1S/C19H28F2N4O2/c1-2-27-25-7-4-14-11-23(6-3-15(14)12-25)16-9-17(22-10-16)18(26)24-8-5-19(20,21)13-24/h4,7,16-17,22H,2-3,5-6,8-13H2,1H3/t16-,17-/m0/s1. The van der Waals surface area contributed by atoms with Crippen molar-refractivity contribution in [2.24, 2.45) is 0 Å². The second kappa shape index (κ2) is 7.48. The first kappa shape index (κ1) is 18.8. The average Bonchev–Trinajstić information content (AvgIpc) is 3.28. The van der Waals surface area contributed by atoms with E-state index < -0.39 is 12.5 Å². The van der Waals surface area contributed by atoms with E-state index in [0.717, 1.165) is 32.6 Å². The fraction of sp³-hybridized carbons (Fsp3) is 0.737. The van der Waals surface area contributed by atoms with Crippen LogP contribution >= 0.6 is 0 Å². The SMILES string of the molecule is CCON1C=CC2=C(CCN([C@@H]3CN[C@H](C(=O)N4CCC(F)(F)C4)C3)C2)C1. The van der Waals surface area contributed by atoms with Gasteiger partial charge >= 0.3 is 0 Å². The molecule has 2 atom stereocenters. The molecule has 0 spiro atoms. The van der Waals surface area contributed by atoms with Gasteiger partial charge in [0.2, 0.25) is 5.91 Å². The second-order valence-corrected chi connectivity index (χ2v) is 7.87. The lowest BCUT2D eigenvalue weighted by Gasteiger charge is -2.37. The van der Waals surface area contributed by atoms with Gasteiger partial charge in [0.05, 0.1) is 25.7 Å². The van der Waals surface area contributed by atoms with Crippen LogP contribution in [0.2, 0.25) is 0 Å². The summed E-state index contributed by atoms with van der Waals surface area (Å²) >= 11 is 0. The van der Waals surface area contributed by atoms with Crippen LogP contribution in [0, 0.1) is 0 Å². The molecule has 1 N–H and O–H groups in total. The van der Waals surface area contributed by atoms with Crippen molar-refractivity contribution in [1.29, 1.82) is 0 Å². The van der Waals surface area contributed by atoms with Gasteiger partial charge in [-0.25, -0.2) is 8.78 Å². The summed E-state index contributed by atoms with van der Waals surface area (Å²) in [6.07, 6.45) is 5.58. The van der Waals surface area contributed by atoms with Crippen LogP contribution < -0.4 is 5.32 Å². The fourth-order valence-electron chi connectivity index (χ4n) is 4.51. The molecule has 2 fully saturated rings. The third kappa shape index (κ3) is 4.02. The van der Waals surface area contributed by atoms with E-state index in [4.69, 9.17) is 4.84 Å². The minimum atomic E-state index is -2.73. The Balaban J connectivity index is 1.31. The lowest BCUT2D eigenvalue weighted by Crippen LogP contribution is -2.43. The highest BCUT2D eigenvalue weighted by Crippen LogP contribution is 2.30. The number of hydrogen-bond donors (Lipinski definition) is 1. The summed E-state index contributed by atoms with van der Waals surface area (Å²) in [6.45, 7) is 5.76. The average molecular weight is 382 g/mol. The van der Waals surface area contributed by atoms with Gasteiger partial charge in [-0.2, -0.15) is 0 Å². The monoisotopic (exact) mass is 382 g/mol. The van der Waals surface area contributed by atoms with Crippen LogP contribution in [0.25, 0.3) is 0 Å². The van der Waals surface area contributed by atoms with E-state index in [9.17, 15) is 13.6 Å². The molecule has 4 rings (SSSR count). The molecule has 0 bridgehead atoms. The number of carbonyl (C=O) groups excluding carboxylic acids is 1. The van der Waals surface area contributed by atoms with Gasteiger partial charge in [0, 0.05) is 44.8 Å². The molecule has 4 aliphatic heterocycles. The largest absolute Gasteiger partial charge is 0.335 e. The Bertz CT molecular complexity index is 652. The van der Waals surface area contributed by atoms with Crippen molar-refractivity contribution in [1.82, 2.24) is 20.2 Å². The van der Waals surface area contributed by atoms with Crippen LogP contribution in [0.3, 0.4) is 0 Å². The molecular formula is C19H28F2N4O2. The summed E-state index contributed by atoms with van der Waals surface area (Å²) in [5, 5.41) is 5.14. The molecule has 0 saturated carbocycles. The third-order valence-electron chi connectivity index (χ3n) is 6.02. The van der Waals surface area contributed by atoms with Crippen LogP contribution in [0.15, 0.2) is 23.4 Å². The molecule has 0 aromatic rings. The summed E-state index contributed by atoms with van der Waals surface area (Å²) in [5.74, 6) is -2.90. The Morgan fingerprint density at radius 1 is 1.37 bits per heavy atom. The second-order valence-electron chi connectivity index (χ2n) is 7.87. The maximum atomic E-state index is 13.4. The van der Waals surface area contributed by atoms with Gasteiger partial charge in [0.1, 0.15) is 0 Å². The number of rotatable bonds is 4. The Hall–Kier alpha value is -1.51. The van der Waals surface area contributed by atoms with Gasteiger partial charge in [-0.05, 0) is 37.0 Å². The molecule has 0 aromatic heterocycles. The number of amides is 1. The Morgan fingerprint density at radius 3 is 2.96 bits per heavy atom. The zero-order valence-electron chi connectivity index (χ0n) is 15.8. The minimum absolute atomic E-state index is 0.162. The van der Waals surface area contributed by atoms with E-state index in [1.54, 1.807) is 0 Å². The molecule has 2 saturated heterocycles. The first-order chi connectivity index (χ1) is 12.9. The van der Waals surface area contributed by atoms with Crippen LogP contribution in [0.4, 0.5) is 8.78 Å². The van der Waals surface area contributed by atoms with E-state index in [1.165, 1.54) is 16.0 Å². The predicted octanol–water partition coefficient (Wildman–Crippen LogP) is 1.37. The molecule has 0 aliphatic carbocycles. The topological polar surface area (TPSA) is 48.1 Å². The summed E-state index contributed by atoms with van der Waals surface area (Å²) in [4.78, 5) is 21.9. The zero-order chi connectivity index (χ0) is 19.0. The number of nitrogens with one attached hydrogen (secondary N) is 1. The zero-order valence-corrected chi connectivity index (χ0v) is 15.8. The summed E-state index contributed by atoms with van der Waals surface area (Å²) in [6, 6.07) is -0.0657. The smallest absolute Gasteiger partial charge is 0.267 e. The van der Waals surface area contributed by atoms with Gasteiger partial charge in [-0.3, -0.25) is 19.6 Å². The van der Waals surface area contributed by atoms with Crippen molar-refractivity contribution in [3.8, 4) is 0 Å². The molecule has 0 unspecified atom stereocenters. The van der Waals surface area contributed by atoms with E-state index >= 15 is 0 Å². The highest BCUT2D eigenvalue weighted by atomic mass is 19.3. The Labute approximate surface area is 158 Å². The molecule has 4 aliphatic rings. The fourth-order valence-corrected chi connectivity index (χ4v) is 4.51. The van der Waals surface area contributed by atoms with Crippen LogP contribution in [0.1, 0.15) is 26.2 Å². The molecule has 150 valence electrons. The highest BCUT2D eigenvalue weighted by molar-refractivity contribution is 5.82. The van der Waals surface area contributed by atoms with Crippen molar-refractivity contribution in [3.05, 3.63) is 23.4 Å². The first-order valence-electron chi connectivity index (χ1n) is 9.88. The Morgan fingerprint density at radius 2 is 2.22 bits per heavy atom. The van der Waals surface area contributed by atoms with Crippen LogP contribution in [-0.4, -0.2) is 84.7 Å². The van der Waals surface area contributed by atoms with E-state index in [2.05, 4.69) is 16.3 Å². The third-order valence-corrected chi connectivity index (χ3v) is 6.02. The maximum absolute atomic E-state index is 13.4. The van der Waals surface area contributed by atoms with E-state index in [-0.39, 0.29) is 31.0 Å². The molecule has 1 amide bonds. The van der Waals surface area contributed by atoms with Crippen molar-refractivity contribution < 1.29 is 18.4 Å². The molecule has 27 heavy (non-hydrogen) atoms. The normalized spacial score (nSPS) is 30.9. The van der Waals surface area contributed by atoms with Gasteiger partial charge < -0.3 is 10.2 Å². The van der Waals surface area contributed by atoms with Gasteiger partial charge in [-0.15, -0.1) is 0 Å². The molecule has 0 aromatic carbocycles. The lowest BCUT2D eigenvalue weighted by atomic mass is 9.96. The summed E-state index contributed by atoms with van der Waals surface area (Å²) in [7, 11) is 0. The Kier molecular flexibility index (Phi) is 5.22. The van der Waals surface area contributed by atoms with Gasteiger partial charge in [0.15, 0.2) is 0 Å². The number of hydroxylamine groups is 2. The predicted molar refractivity (Wildman–Crippen MR) is 97.0 cm³/mol. The lowest BCUT2D eigenvalue weighted by molar-refractivity contribution is -0.133. The number of halogens is 2.